The highest BCUT2D eigenvalue weighted by Gasteiger charge is 2.17. The first-order valence-electron chi connectivity index (χ1n) is 10.3. The van der Waals surface area contributed by atoms with Crippen molar-refractivity contribution in [1.82, 2.24) is 9.47 Å². The van der Waals surface area contributed by atoms with Crippen molar-refractivity contribution in [2.75, 3.05) is 19.6 Å². The Labute approximate surface area is 177 Å². The van der Waals surface area contributed by atoms with Gasteiger partial charge in [-0.1, -0.05) is 49.9 Å². The van der Waals surface area contributed by atoms with Crippen molar-refractivity contribution in [1.29, 1.82) is 0 Å². The van der Waals surface area contributed by atoms with Crippen LogP contribution in [0.5, 0.6) is 0 Å². The molecular weight excluding hydrogens is 391 g/mol. The van der Waals surface area contributed by atoms with Crippen LogP contribution in [-0.2, 0) is 6.54 Å². The highest BCUT2D eigenvalue weighted by Crippen LogP contribution is 2.33. The van der Waals surface area contributed by atoms with Gasteiger partial charge in [-0.15, -0.1) is 0 Å². The molecule has 0 amide bonds. The number of aliphatic hydroxyl groups is 1. The van der Waals surface area contributed by atoms with Crippen LogP contribution < -0.4 is 0 Å². The standard InChI is InChI=1S/C23H30Cl2N2O/c1-3-5-11-26(12-6-4-2)15-19(28)16-27-22-9-7-17(24)13-20(22)21-14-18(25)8-10-23(21)27/h7-10,13-14,19,28H,3-6,11-12,15-16H2,1-2H3/t19-/m0/s1. The number of hydrogen-bond acceptors (Lipinski definition) is 2. The van der Waals surface area contributed by atoms with Gasteiger partial charge in [0.25, 0.3) is 0 Å². The molecule has 152 valence electrons. The van der Waals surface area contributed by atoms with Gasteiger partial charge < -0.3 is 14.6 Å². The molecule has 1 atom stereocenters. The van der Waals surface area contributed by atoms with Crippen molar-refractivity contribution in [3.8, 4) is 0 Å². The highest BCUT2D eigenvalue weighted by molar-refractivity contribution is 6.33. The zero-order chi connectivity index (χ0) is 20.1. The second-order valence-corrected chi connectivity index (χ2v) is 8.47. The van der Waals surface area contributed by atoms with Gasteiger partial charge in [0, 0.05) is 38.4 Å². The van der Waals surface area contributed by atoms with E-state index in [9.17, 15) is 5.11 Å². The number of aromatic nitrogens is 1. The van der Waals surface area contributed by atoms with Crippen molar-refractivity contribution >= 4 is 45.0 Å². The maximum atomic E-state index is 10.9. The number of halogens is 2. The summed E-state index contributed by atoms with van der Waals surface area (Å²) in [5.41, 5.74) is 2.16. The number of nitrogens with zero attached hydrogens (tertiary/aromatic N) is 2. The third-order valence-corrected chi connectivity index (χ3v) is 5.78. The van der Waals surface area contributed by atoms with E-state index < -0.39 is 6.10 Å². The Hall–Kier alpha value is -1.26. The Bertz CT molecular complexity index is 854. The monoisotopic (exact) mass is 420 g/mol. The van der Waals surface area contributed by atoms with Crippen LogP contribution in [-0.4, -0.2) is 40.3 Å². The van der Waals surface area contributed by atoms with Crippen LogP contribution in [0.4, 0.5) is 0 Å². The summed E-state index contributed by atoms with van der Waals surface area (Å²) in [7, 11) is 0. The van der Waals surface area contributed by atoms with Gasteiger partial charge in [0.05, 0.1) is 12.6 Å². The highest BCUT2D eigenvalue weighted by atomic mass is 35.5. The third-order valence-electron chi connectivity index (χ3n) is 5.31. The Balaban J connectivity index is 1.87. The molecular formula is C23H30Cl2N2O. The summed E-state index contributed by atoms with van der Waals surface area (Å²) < 4.78 is 2.19. The van der Waals surface area contributed by atoms with Crippen molar-refractivity contribution in [2.24, 2.45) is 0 Å². The molecule has 1 N–H and O–H groups in total. The number of benzene rings is 2. The quantitative estimate of drug-likeness (QED) is 0.412. The van der Waals surface area contributed by atoms with E-state index in [0.29, 0.717) is 23.1 Å². The van der Waals surface area contributed by atoms with E-state index in [4.69, 9.17) is 23.2 Å². The number of aliphatic hydroxyl groups excluding tert-OH is 1. The lowest BCUT2D eigenvalue weighted by atomic mass is 10.1. The summed E-state index contributed by atoms with van der Waals surface area (Å²) in [6.07, 6.45) is 4.25. The predicted octanol–water partition coefficient (Wildman–Crippen LogP) is 6.36. The Morgan fingerprint density at radius 2 is 1.39 bits per heavy atom. The summed E-state index contributed by atoms with van der Waals surface area (Å²) >= 11 is 12.5. The third kappa shape index (κ3) is 5.01. The van der Waals surface area contributed by atoms with Crippen LogP contribution in [0.15, 0.2) is 36.4 Å². The largest absolute Gasteiger partial charge is 0.390 e. The van der Waals surface area contributed by atoms with Crippen LogP contribution in [0, 0.1) is 0 Å². The first kappa shape index (κ1) is 21.4. The SMILES string of the molecule is CCCCN(CCCC)C[C@H](O)Cn1c2ccc(Cl)cc2c2cc(Cl)ccc21. The van der Waals surface area contributed by atoms with E-state index in [1.165, 1.54) is 25.7 Å². The summed E-state index contributed by atoms with van der Waals surface area (Å²) in [5, 5.41) is 14.5. The van der Waals surface area contributed by atoms with Crippen molar-refractivity contribution in [3.05, 3.63) is 46.4 Å². The minimum absolute atomic E-state index is 0.432. The minimum atomic E-state index is -0.432. The van der Waals surface area contributed by atoms with E-state index in [0.717, 1.165) is 34.9 Å². The lowest BCUT2D eigenvalue weighted by Crippen LogP contribution is -2.36. The van der Waals surface area contributed by atoms with Crippen molar-refractivity contribution in [2.45, 2.75) is 52.2 Å². The van der Waals surface area contributed by atoms with Gasteiger partial charge in [-0.25, -0.2) is 0 Å². The fourth-order valence-corrected chi connectivity index (χ4v) is 4.21. The lowest BCUT2D eigenvalue weighted by Gasteiger charge is -2.25. The fraction of sp³-hybridized carbons (Fsp3) is 0.478. The smallest absolute Gasteiger partial charge is 0.0845 e. The topological polar surface area (TPSA) is 28.4 Å². The molecule has 0 spiro atoms. The molecule has 0 aliphatic rings. The molecule has 0 aliphatic carbocycles. The summed E-state index contributed by atoms with van der Waals surface area (Å²) in [6, 6.07) is 11.8. The summed E-state index contributed by atoms with van der Waals surface area (Å²) in [6.45, 7) is 7.77. The molecule has 28 heavy (non-hydrogen) atoms. The Morgan fingerprint density at radius 3 is 1.86 bits per heavy atom. The van der Waals surface area contributed by atoms with Gasteiger partial charge in [0.2, 0.25) is 0 Å². The summed E-state index contributed by atoms with van der Waals surface area (Å²) in [4.78, 5) is 2.40. The molecule has 5 heteroatoms. The van der Waals surface area contributed by atoms with Crippen molar-refractivity contribution in [3.63, 3.8) is 0 Å². The van der Waals surface area contributed by atoms with Crippen LogP contribution in [0.3, 0.4) is 0 Å². The maximum Gasteiger partial charge on any atom is 0.0845 e. The molecule has 0 aliphatic heterocycles. The molecule has 0 saturated heterocycles. The van der Waals surface area contributed by atoms with Crippen LogP contribution in [0.25, 0.3) is 21.8 Å². The Kier molecular flexibility index (Phi) is 7.64. The van der Waals surface area contributed by atoms with Crippen molar-refractivity contribution < 1.29 is 5.11 Å². The van der Waals surface area contributed by atoms with Crippen LogP contribution >= 0.6 is 23.2 Å². The molecule has 2 aromatic carbocycles. The molecule has 3 aromatic rings. The summed E-state index contributed by atoms with van der Waals surface area (Å²) in [5.74, 6) is 0. The second kappa shape index (κ2) is 9.98. The first-order chi connectivity index (χ1) is 13.5. The number of unbranched alkanes of at least 4 members (excludes halogenated alkanes) is 2. The van der Waals surface area contributed by atoms with E-state index in [1.807, 2.05) is 36.4 Å². The average Bonchev–Trinajstić information content (AvgIpc) is 2.96. The Morgan fingerprint density at radius 1 is 0.893 bits per heavy atom. The molecule has 0 saturated carbocycles. The molecule has 0 fully saturated rings. The number of rotatable bonds is 10. The van der Waals surface area contributed by atoms with Gasteiger partial charge >= 0.3 is 0 Å². The molecule has 3 nitrogen and oxygen atoms in total. The minimum Gasteiger partial charge on any atom is -0.390 e. The molecule has 1 aromatic heterocycles. The lowest BCUT2D eigenvalue weighted by molar-refractivity contribution is 0.0982. The number of fused-ring (bicyclic) bond motifs is 3. The van der Waals surface area contributed by atoms with Gasteiger partial charge in [-0.2, -0.15) is 0 Å². The zero-order valence-corrected chi connectivity index (χ0v) is 18.3. The van der Waals surface area contributed by atoms with E-state index in [-0.39, 0.29) is 0 Å². The maximum absolute atomic E-state index is 10.9. The number of hydrogen-bond donors (Lipinski definition) is 1. The first-order valence-corrected chi connectivity index (χ1v) is 11.1. The molecule has 0 radical (unpaired) electrons. The normalized spacial score (nSPS) is 13.1. The van der Waals surface area contributed by atoms with E-state index in [1.54, 1.807) is 0 Å². The molecule has 1 heterocycles. The van der Waals surface area contributed by atoms with Crippen LogP contribution in [0.1, 0.15) is 39.5 Å². The average molecular weight is 421 g/mol. The van der Waals surface area contributed by atoms with Gasteiger partial charge in [-0.05, 0) is 62.3 Å². The zero-order valence-electron chi connectivity index (χ0n) is 16.8. The fourth-order valence-electron chi connectivity index (χ4n) is 3.87. The van der Waals surface area contributed by atoms with E-state index >= 15 is 0 Å². The van der Waals surface area contributed by atoms with Gasteiger partial charge in [0.15, 0.2) is 0 Å². The molecule has 0 bridgehead atoms. The van der Waals surface area contributed by atoms with Gasteiger partial charge in [0.1, 0.15) is 0 Å². The van der Waals surface area contributed by atoms with Crippen LogP contribution in [0.2, 0.25) is 10.0 Å². The molecule has 0 unspecified atom stereocenters. The predicted molar refractivity (Wildman–Crippen MR) is 122 cm³/mol. The van der Waals surface area contributed by atoms with Gasteiger partial charge in [-0.3, -0.25) is 0 Å². The van der Waals surface area contributed by atoms with E-state index in [2.05, 4.69) is 23.3 Å². The molecule has 3 rings (SSSR count). The second-order valence-electron chi connectivity index (χ2n) is 7.60.